The standard InChI is InChI=1S/C28H25F3N2O3/c1-27(2)16-19-10-11-22(36-3)14-23(19)24(33-27)15-25(34)17-6-5-9-21(13-17)32-26(35)18-7-4-8-20(12-18)28(29,30)31/h4-15,33H,16H2,1-3H3,(H,32,35)/b24-15-. The van der Waals surface area contributed by atoms with Gasteiger partial charge in [0.15, 0.2) is 5.78 Å². The van der Waals surface area contributed by atoms with Crippen molar-refractivity contribution in [2.45, 2.75) is 32.0 Å². The zero-order chi connectivity index (χ0) is 26.1. The quantitative estimate of drug-likeness (QED) is 0.332. The van der Waals surface area contributed by atoms with Crippen molar-refractivity contribution in [3.8, 4) is 5.75 Å². The molecule has 0 spiro atoms. The van der Waals surface area contributed by atoms with Crippen molar-refractivity contribution in [1.82, 2.24) is 5.32 Å². The van der Waals surface area contributed by atoms with Crippen LogP contribution in [0.3, 0.4) is 0 Å². The predicted molar refractivity (Wildman–Crippen MR) is 132 cm³/mol. The zero-order valence-electron chi connectivity index (χ0n) is 20.0. The molecule has 0 unspecified atom stereocenters. The van der Waals surface area contributed by atoms with Crippen molar-refractivity contribution in [3.05, 3.63) is 101 Å². The molecule has 0 saturated carbocycles. The van der Waals surface area contributed by atoms with Crippen LogP contribution in [0, 0.1) is 0 Å². The highest BCUT2D eigenvalue weighted by Crippen LogP contribution is 2.33. The van der Waals surface area contributed by atoms with Gasteiger partial charge in [-0.25, -0.2) is 0 Å². The Morgan fingerprint density at radius 2 is 1.72 bits per heavy atom. The lowest BCUT2D eigenvalue weighted by Crippen LogP contribution is -2.43. The van der Waals surface area contributed by atoms with Gasteiger partial charge in [-0.15, -0.1) is 0 Å². The van der Waals surface area contributed by atoms with Gasteiger partial charge in [-0.1, -0.05) is 24.3 Å². The van der Waals surface area contributed by atoms with Crippen molar-refractivity contribution in [2.75, 3.05) is 12.4 Å². The first-order valence-corrected chi connectivity index (χ1v) is 11.3. The summed E-state index contributed by atoms with van der Waals surface area (Å²) in [5.74, 6) is -0.326. The summed E-state index contributed by atoms with van der Waals surface area (Å²) >= 11 is 0. The Labute approximate surface area is 207 Å². The topological polar surface area (TPSA) is 67.4 Å². The summed E-state index contributed by atoms with van der Waals surface area (Å²) in [7, 11) is 1.58. The lowest BCUT2D eigenvalue weighted by Gasteiger charge is -2.35. The Balaban J connectivity index is 1.59. The highest BCUT2D eigenvalue weighted by molar-refractivity contribution is 6.10. The normalized spacial score (nSPS) is 15.6. The smallest absolute Gasteiger partial charge is 0.416 e. The fourth-order valence-electron chi connectivity index (χ4n) is 4.16. The average molecular weight is 495 g/mol. The van der Waals surface area contributed by atoms with E-state index >= 15 is 0 Å². The monoisotopic (exact) mass is 494 g/mol. The average Bonchev–Trinajstić information content (AvgIpc) is 2.83. The number of hydrogen-bond acceptors (Lipinski definition) is 4. The summed E-state index contributed by atoms with van der Waals surface area (Å²) in [5.41, 5.74) is 1.90. The van der Waals surface area contributed by atoms with Crippen molar-refractivity contribution in [2.24, 2.45) is 0 Å². The second kappa shape index (κ2) is 9.53. The first-order chi connectivity index (χ1) is 16.9. The molecule has 0 radical (unpaired) electrons. The summed E-state index contributed by atoms with van der Waals surface area (Å²) in [5, 5.41) is 5.98. The summed E-state index contributed by atoms with van der Waals surface area (Å²) < 4.78 is 44.3. The molecule has 3 aromatic carbocycles. The molecular weight excluding hydrogens is 469 g/mol. The summed E-state index contributed by atoms with van der Waals surface area (Å²) in [6, 6.07) is 16.2. The molecule has 186 valence electrons. The van der Waals surface area contributed by atoms with Gasteiger partial charge in [0.25, 0.3) is 5.91 Å². The fraction of sp³-hybridized carbons (Fsp3) is 0.214. The van der Waals surface area contributed by atoms with Gasteiger partial charge in [0.2, 0.25) is 0 Å². The largest absolute Gasteiger partial charge is 0.497 e. The van der Waals surface area contributed by atoms with Gasteiger partial charge >= 0.3 is 6.18 Å². The van der Waals surface area contributed by atoms with Crippen LogP contribution < -0.4 is 15.4 Å². The number of allylic oxidation sites excluding steroid dienone is 1. The highest BCUT2D eigenvalue weighted by atomic mass is 19.4. The molecule has 1 heterocycles. The molecule has 0 saturated heterocycles. The number of fused-ring (bicyclic) bond motifs is 1. The van der Waals surface area contributed by atoms with E-state index in [-0.39, 0.29) is 16.9 Å². The second-order valence-corrected chi connectivity index (χ2v) is 9.24. The molecule has 0 bridgehead atoms. The van der Waals surface area contributed by atoms with Crippen LogP contribution in [-0.2, 0) is 12.6 Å². The molecule has 1 amide bonds. The molecular formula is C28H25F3N2O3. The number of amides is 1. The van der Waals surface area contributed by atoms with Gasteiger partial charge in [0, 0.05) is 39.7 Å². The van der Waals surface area contributed by atoms with Gasteiger partial charge in [0.05, 0.1) is 12.7 Å². The van der Waals surface area contributed by atoms with Crippen LogP contribution in [-0.4, -0.2) is 24.3 Å². The van der Waals surface area contributed by atoms with E-state index in [1.165, 1.54) is 24.3 Å². The number of anilines is 1. The van der Waals surface area contributed by atoms with Crippen molar-refractivity contribution >= 4 is 23.1 Å². The molecule has 1 aliphatic rings. The SMILES string of the molecule is COc1ccc2c(c1)/C(=C/C(=O)c1cccc(NC(=O)c3cccc(C(F)(F)F)c3)c1)NC(C)(C)C2. The van der Waals surface area contributed by atoms with Crippen LogP contribution in [0.15, 0.2) is 72.8 Å². The third-order valence-corrected chi connectivity index (χ3v) is 5.85. The maximum absolute atomic E-state index is 13.2. The molecule has 5 nitrogen and oxygen atoms in total. The number of carbonyl (C=O) groups excluding carboxylic acids is 2. The number of rotatable bonds is 5. The zero-order valence-corrected chi connectivity index (χ0v) is 20.0. The summed E-state index contributed by atoms with van der Waals surface area (Å²) in [6.45, 7) is 4.09. The van der Waals surface area contributed by atoms with E-state index in [2.05, 4.69) is 10.6 Å². The Morgan fingerprint density at radius 3 is 2.44 bits per heavy atom. The Hall–Kier alpha value is -4.07. The minimum Gasteiger partial charge on any atom is -0.497 e. The van der Waals surface area contributed by atoms with E-state index in [9.17, 15) is 22.8 Å². The van der Waals surface area contributed by atoms with E-state index < -0.39 is 17.6 Å². The van der Waals surface area contributed by atoms with E-state index in [0.29, 0.717) is 22.7 Å². The lowest BCUT2D eigenvalue weighted by atomic mass is 9.85. The molecule has 0 atom stereocenters. The number of nitrogens with one attached hydrogen (secondary N) is 2. The number of halogens is 3. The first-order valence-electron chi connectivity index (χ1n) is 11.3. The number of ether oxygens (including phenoxy) is 1. The number of benzene rings is 3. The minimum absolute atomic E-state index is 0.136. The third-order valence-electron chi connectivity index (χ3n) is 5.85. The maximum atomic E-state index is 13.2. The van der Waals surface area contributed by atoms with Gasteiger partial charge < -0.3 is 15.4 Å². The van der Waals surface area contributed by atoms with Gasteiger partial charge in [-0.3, -0.25) is 9.59 Å². The van der Waals surface area contributed by atoms with Crippen molar-refractivity contribution < 1.29 is 27.5 Å². The van der Waals surface area contributed by atoms with Gasteiger partial charge in [-0.05, 0) is 68.3 Å². The summed E-state index contributed by atoms with van der Waals surface area (Å²) in [6.07, 6.45) is -2.28. The van der Waals surface area contributed by atoms with E-state index in [0.717, 1.165) is 29.7 Å². The molecule has 0 fully saturated rings. The number of ketones is 1. The Morgan fingerprint density at radius 1 is 1.00 bits per heavy atom. The molecule has 3 aromatic rings. The maximum Gasteiger partial charge on any atom is 0.416 e. The second-order valence-electron chi connectivity index (χ2n) is 9.24. The Kier molecular flexibility index (Phi) is 6.63. The number of methoxy groups -OCH3 is 1. The van der Waals surface area contributed by atoms with E-state index in [4.69, 9.17) is 4.74 Å². The van der Waals surface area contributed by atoms with Crippen LogP contribution in [0.1, 0.15) is 51.3 Å². The van der Waals surface area contributed by atoms with E-state index in [1.54, 1.807) is 25.3 Å². The number of carbonyl (C=O) groups is 2. The summed E-state index contributed by atoms with van der Waals surface area (Å²) in [4.78, 5) is 25.7. The van der Waals surface area contributed by atoms with Crippen LogP contribution >= 0.6 is 0 Å². The molecule has 0 aliphatic carbocycles. The molecule has 4 rings (SSSR count). The predicted octanol–water partition coefficient (Wildman–Crippen LogP) is 6.11. The van der Waals surface area contributed by atoms with Crippen LogP contribution in [0.25, 0.3) is 5.70 Å². The van der Waals surface area contributed by atoms with Crippen LogP contribution in [0.2, 0.25) is 0 Å². The van der Waals surface area contributed by atoms with Gasteiger partial charge in [0.1, 0.15) is 5.75 Å². The molecule has 36 heavy (non-hydrogen) atoms. The van der Waals surface area contributed by atoms with Gasteiger partial charge in [-0.2, -0.15) is 13.2 Å². The molecule has 2 N–H and O–H groups in total. The molecule has 1 aliphatic heterocycles. The van der Waals surface area contributed by atoms with E-state index in [1.807, 2.05) is 32.0 Å². The van der Waals surface area contributed by atoms with Crippen molar-refractivity contribution in [1.29, 1.82) is 0 Å². The number of alkyl halides is 3. The number of hydrogen-bond donors (Lipinski definition) is 2. The lowest BCUT2D eigenvalue weighted by molar-refractivity contribution is -0.137. The molecule has 0 aromatic heterocycles. The highest BCUT2D eigenvalue weighted by Gasteiger charge is 2.31. The van der Waals surface area contributed by atoms with Crippen LogP contribution in [0.5, 0.6) is 5.75 Å². The minimum atomic E-state index is -4.56. The fourth-order valence-corrected chi connectivity index (χ4v) is 4.16. The third kappa shape index (κ3) is 5.59. The molecule has 8 heteroatoms. The Bertz CT molecular complexity index is 1360. The van der Waals surface area contributed by atoms with Crippen LogP contribution in [0.4, 0.5) is 18.9 Å². The first kappa shape index (κ1) is 25.0. The van der Waals surface area contributed by atoms with Crippen molar-refractivity contribution in [3.63, 3.8) is 0 Å².